The highest BCUT2D eigenvalue weighted by molar-refractivity contribution is 7.10. The van der Waals surface area contributed by atoms with E-state index in [4.69, 9.17) is 4.42 Å². The second kappa shape index (κ2) is 4.02. The quantitative estimate of drug-likeness (QED) is 0.742. The molecule has 17 heavy (non-hydrogen) atoms. The first-order valence-corrected chi connectivity index (χ1v) is 6.33. The summed E-state index contributed by atoms with van der Waals surface area (Å²) in [7, 11) is 0. The van der Waals surface area contributed by atoms with Crippen LogP contribution < -0.4 is 0 Å². The van der Waals surface area contributed by atoms with Crippen molar-refractivity contribution in [2.45, 2.75) is 13.0 Å². The van der Waals surface area contributed by atoms with Crippen LogP contribution in [0.15, 0.2) is 46.2 Å². The first-order valence-electron chi connectivity index (χ1n) is 5.45. The maximum Gasteiger partial charge on any atom is 0.138 e. The second-order valence-corrected chi connectivity index (χ2v) is 5.20. The molecule has 0 aliphatic heterocycles. The second-order valence-electron chi connectivity index (χ2n) is 4.08. The van der Waals surface area contributed by atoms with Crippen LogP contribution in [0.2, 0.25) is 0 Å². The largest absolute Gasteiger partial charge is 0.458 e. The fourth-order valence-electron chi connectivity index (χ4n) is 1.91. The van der Waals surface area contributed by atoms with Crippen LogP contribution in [0.1, 0.15) is 22.3 Å². The summed E-state index contributed by atoms with van der Waals surface area (Å²) in [6.45, 7) is 2.03. The van der Waals surface area contributed by atoms with Crippen LogP contribution in [-0.2, 0) is 0 Å². The molecule has 0 saturated carbocycles. The average molecular weight is 244 g/mol. The summed E-state index contributed by atoms with van der Waals surface area (Å²) in [6, 6.07) is 11.7. The Hall–Kier alpha value is -1.58. The van der Waals surface area contributed by atoms with Gasteiger partial charge in [-0.1, -0.05) is 18.2 Å². The van der Waals surface area contributed by atoms with E-state index >= 15 is 0 Å². The van der Waals surface area contributed by atoms with E-state index in [0.29, 0.717) is 5.76 Å². The van der Waals surface area contributed by atoms with Crippen molar-refractivity contribution in [1.82, 2.24) is 0 Å². The number of thiophene rings is 1. The van der Waals surface area contributed by atoms with Crippen LogP contribution in [0, 0.1) is 6.92 Å². The molecule has 0 bridgehead atoms. The van der Waals surface area contributed by atoms with Crippen molar-refractivity contribution in [1.29, 1.82) is 0 Å². The molecule has 3 rings (SSSR count). The number of hydrogen-bond donors (Lipinski definition) is 1. The van der Waals surface area contributed by atoms with E-state index in [0.717, 1.165) is 16.5 Å². The van der Waals surface area contributed by atoms with Gasteiger partial charge in [-0.2, -0.15) is 0 Å². The molecule has 0 saturated heterocycles. The summed E-state index contributed by atoms with van der Waals surface area (Å²) in [5.74, 6) is 0.601. The number of para-hydroxylation sites is 1. The SMILES string of the molecule is Cc1cc(C(O)c2cc3ccccc3o2)cs1. The van der Waals surface area contributed by atoms with E-state index in [-0.39, 0.29) is 0 Å². The van der Waals surface area contributed by atoms with Gasteiger partial charge in [-0.25, -0.2) is 0 Å². The van der Waals surface area contributed by atoms with Gasteiger partial charge in [0, 0.05) is 10.3 Å². The highest BCUT2D eigenvalue weighted by Crippen LogP contribution is 2.30. The molecule has 0 spiro atoms. The van der Waals surface area contributed by atoms with Crippen LogP contribution in [0.3, 0.4) is 0 Å². The van der Waals surface area contributed by atoms with E-state index in [1.165, 1.54) is 4.88 Å². The zero-order chi connectivity index (χ0) is 11.8. The van der Waals surface area contributed by atoms with Crippen molar-refractivity contribution in [2.75, 3.05) is 0 Å². The molecule has 0 amide bonds. The van der Waals surface area contributed by atoms with Crippen LogP contribution in [0.4, 0.5) is 0 Å². The first-order chi connectivity index (χ1) is 8.24. The Balaban J connectivity index is 2.03. The molecule has 1 aromatic carbocycles. The van der Waals surface area contributed by atoms with Gasteiger partial charge in [-0.15, -0.1) is 11.3 Å². The lowest BCUT2D eigenvalue weighted by Crippen LogP contribution is -1.95. The van der Waals surface area contributed by atoms with Gasteiger partial charge >= 0.3 is 0 Å². The third-order valence-corrected chi connectivity index (χ3v) is 3.66. The summed E-state index contributed by atoms with van der Waals surface area (Å²) < 4.78 is 5.65. The normalized spacial score (nSPS) is 13.1. The summed E-state index contributed by atoms with van der Waals surface area (Å²) in [5.41, 5.74) is 1.71. The predicted molar refractivity (Wildman–Crippen MR) is 69.3 cm³/mol. The minimum absolute atomic E-state index is 0.601. The van der Waals surface area contributed by atoms with Crippen LogP contribution >= 0.6 is 11.3 Å². The molecule has 2 aromatic heterocycles. The van der Waals surface area contributed by atoms with Gasteiger partial charge in [-0.05, 0) is 36.1 Å². The number of aryl methyl sites for hydroxylation is 1. The fraction of sp³-hybridized carbons (Fsp3) is 0.143. The minimum Gasteiger partial charge on any atom is -0.458 e. The Morgan fingerprint density at radius 3 is 2.76 bits per heavy atom. The number of fused-ring (bicyclic) bond motifs is 1. The summed E-state index contributed by atoms with van der Waals surface area (Å²) in [4.78, 5) is 1.19. The lowest BCUT2D eigenvalue weighted by Gasteiger charge is -2.03. The highest BCUT2D eigenvalue weighted by Gasteiger charge is 2.16. The first kappa shape index (κ1) is 10.6. The van der Waals surface area contributed by atoms with Crippen molar-refractivity contribution >= 4 is 22.3 Å². The lowest BCUT2D eigenvalue weighted by atomic mass is 10.1. The number of aliphatic hydroxyl groups is 1. The van der Waals surface area contributed by atoms with Gasteiger partial charge in [0.2, 0.25) is 0 Å². The van der Waals surface area contributed by atoms with Gasteiger partial charge in [0.05, 0.1) is 0 Å². The van der Waals surface area contributed by atoms with Crippen LogP contribution in [0.5, 0.6) is 0 Å². The molecule has 0 aliphatic rings. The average Bonchev–Trinajstić information content (AvgIpc) is 2.93. The Labute approximate surface area is 103 Å². The third-order valence-electron chi connectivity index (χ3n) is 2.78. The van der Waals surface area contributed by atoms with Crippen LogP contribution in [-0.4, -0.2) is 5.11 Å². The fourth-order valence-corrected chi connectivity index (χ4v) is 2.63. The molecule has 86 valence electrons. The molecule has 0 aliphatic carbocycles. The van der Waals surface area contributed by atoms with Gasteiger partial charge in [0.25, 0.3) is 0 Å². The molecular weight excluding hydrogens is 232 g/mol. The van der Waals surface area contributed by atoms with Gasteiger partial charge in [0.1, 0.15) is 17.4 Å². The Bertz CT molecular complexity index is 618. The van der Waals surface area contributed by atoms with Gasteiger partial charge in [0.15, 0.2) is 0 Å². The summed E-state index contributed by atoms with van der Waals surface area (Å²) >= 11 is 1.63. The molecule has 1 N–H and O–H groups in total. The van der Waals surface area contributed by atoms with E-state index < -0.39 is 6.10 Å². The maximum absolute atomic E-state index is 10.2. The Kier molecular flexibility index (Phi) is 2.50. The molecule has 0 fully saturated rings. The van der Waals surface area contributed by atoms with E-state index in [1.807, 2.05) is 48.7 Å². The minimum atomic E-state index is -0.674. The molecule has 2 heterocycles. The third kappa shape index (κ3) is 1.88. The van der Waals surface area contributed by atoms with Crippen molar-refractivity contribution < 1.29 is 9.52 Å². The Morgan fingerprint density at radius 1 is 1.24 bits per heavy atom. The molecule has 3 aromatic rings. The Morgan fingerprint density at radius 2 is 2.06 bits per heavy atom. The number of benzene rings is 1. The smallest absolute Gasteiger partial charge is 0.138 e. The molecule has 0 radical (unpaired) electrons. The van der Waals surface area contributed by atoms with Crippen molar-refractivity contribution in [2.24, 2.45) is 0 Å². The molecule has 2 nitrogen and oxygen atoms in total. The summed E-state index contributed by atoms with van der Waals surface area (Å²) in [6.07, 6.45) is -0.674. The van der Waals surface area contributed by atoms with Crippen molar-refractivity contribution in [3.63, 3.8) is 0 Å². The maximum atomic E-state index is 10.2. The van der Waals surface area contributed by atoms with Gasteiger partial charge < -0.3 is 9.52 Å². The summed E-state index contributed by atoms with van der Waals surface area (Å²) in [5, 5.41) is 13.2. The topological polar surface area (TPSA) is 33.4 Å². The van der Waals surface area contributed by atoms with E-state index in [9.17, 15) is 5.11 Å². The number of rotatable bonds is 2. The predicted octanol–water partition coefficient (Wildman–Crippen LogP) is 3.88. The van der Waals surface area contributed by atoms with Crippen molar-refractivity contribution in [3.8, 4) is 0 Å². The number of aliphatic hydroxyl groups excluding tert-OH is 1. The molecule has 1 unspecified atom stereocenters. The number of furan rings is 1. The van der Waals surface area contributed by atoms with Gasteiger partial charge in [-0.3, -0.25) is 0 Å². The van der Waals surface area contributed by atoms with E-state index in [2.05, 4.69) is 0 Å². The number of hydrogen-bond acceptors (Lipinski definition) is 3. The van der Waals surface area contributed by atoms with E-state index in [1.54, 1.807) is 11.3 Å². The van der Waals surface area contributed by atoms with Crippen LogP contribution in [0.25, 0.3) is 11.0 Å². The zero-order valence-corrected chi connectivity index (χ0v) is 10.2. The van der Waals surface area contributed by atoms with Crippen molar-refractivity contribution in [3.05, 3.63) is 58.0 Å². The standard InChI is InChI=1S/C14H12O2S/c1-9-6-11(8-17-9)14(15)13-7-10-4-2-3-5-12(10)16-13/h2-8,14-15H,1H3. The lowest BCUT2D eigenvalue weighted by molar-refractivity contribution is 0.192. The highest BCUT2D eigenvalue weighted by atomic mass is 32.1. The molecule has 3 heteroatoms. The zero-order valence-electron chi connectivity index (χ0n) is 9.38. The molecular formula is C14H12O2S. The monoisotopic (exact) mass is 244 g/mol. The molecule has 1 atom stereocenters.